The Morgan fingerprint density at radius 2 is 1.95 bits per heavy atom. The Balaban J connectivity index is 2.14. The standard InChI is InChI=1S/C13H9ClF2N2O2/c14-12-6-10(1-2-13(12)16)17-7-8-3-9(15)5-11(4-8)18(19)20/h1-6,17H,7H2. The van der Waals surface area contributed by atoms with Gasteiger partial charge in [-0.05, 0) is 29.8 Å². The molecule has 0 aliphatic heterocycles. The van der Waals surface area contributed by atoms with Crippen molar-refractivity contribution in [2.24, 2.45) is 0 Å². The molecule has 2 rings (SSSR count). The highest BCUT2D eigenvalue weighted by Gasteiger charge is 2.09. The van der Waals surface area contributed by atoms with Gasteiger partial charge in [0.05, 0.1) is 16.0 Å². The lowest BCUT2D eigenvalue weighted by molar-refractivity contribution is -0.385. The molecule has 0 spiro atoms. The van der Waals surface area contributed by atoms with Crippen molar-refractivity contribution in [2.75, 3.05) is 5.32 Å². The number of nitro groups is 1. The summed E-state index contributed by atoms with van der Waals surface area (Å²) in [6.45, 7) is 0.153. The summed E-state index contributed by atoms with van der Waals surface area (Å²) in [4.78, 5) is 9.96. The maximum atomic E-state index is 13.2. The minimum Gasteiger partial charge on any atom is -0.381 e. The normalized spacial score (nSPS) is 10.3. The average Bonchev–Trinajstić information content (AvgIpc) is 2.39. The predicted molar refractivity (Wildman–Crippen MR) is 71.8 cm³/mol. The van der Waals surface area contributed by atoms with E-state index in [9.17, 15) is 18.9 Å². The zero-order valence-electron chi connectivity index (χ0n) is 10.1. The number of nitro benzene ring substituents is 1. The number of rotatable bonds is 4. The SMILES string of the molecule is O=[N+]([O-])c1cc(F)cc(CNc2ccc(F)c(Cl)c2)c1. The van der Waals surface area contributed by atoms with Crippen LogP contribution in [0.25, 0.3) is 0 Å². The lowest BCUT2D eigenvalue weighted by Gasteiger charge is -2.07. The largest absolute Gasteiger partial charge is 0.381 e. The summed E-state index contributed by atoms with van der Waals surface area (Å²) < 4.78 is 26.2. The molecule has 104 valence electrons. The second-order valence-corrected chi connectivity index (χ2v) is 4.46. The maximum Gasteiger partial charge on any atom is 0.272 e. The van der Waals surface area contributed by atoms with Crippen LogP contribution in [0.1, 0.15) is 5.56 Å². The van der Waals surface area contributed by atoms with Gasteiger partial charge in [0.15, 0.2) is 0 Å². The Labute approximate surface area is 118 Å². The van der Waals surface area contributed by atoms with Crippen molar-refractivity contribution in [1.29, 1.82) is 0 Å². The number of nitrogens with one attached hydrogen (secondary N) is 1. The van der Waals surface area contributed by atoms with E-state index >= 15 is 0 Å². The van der Waals surface area contributed by atoms with Crippen molar-refractivity contribution in [3.8, 4) is 0 Å². The molecule has 0 fully saturated rings. The Hall–Kier alpha value is -2.21. The number of halogens is 3. The van der Waals surface area contributed by atoms with Gasteiger partial charge < -0.3 is 5.32 Å². The molecule has 0 bridgehead atoms. The van der Waals surface area contributed by atoms with Gasteiger partial charge in [0.25, 0.3) is 5.69 Å². The average molecular weight is 299 g/mol. The summed E-state index contributed by atoms with van der Waals surface area (Å²) in [6, 6.07) is 7.34. The van der Waals surface area contributed by atoms with Gasteiger partial charge in [0.2, 0.25) is 0 Å². The lowest BCUT2D eigenvalue weighted by atomic mass is 10.2. The predicted octanol–water partition coefficient (Wildman–Crippen LogP) is 4.14. The first kappa shape index (κ1) is 14.2. The number of nitrogens with zero attached hydrogens (tertiary/aromatic N) is 1. The molecule has 7 heteroatoms. The fourth-order valence-electron chi connectivity index (χ4n) is 1.65. The lowest BCUT2D eigenvalue weighted by Crippen LogP contribution is -2.01. The van der Waals surface area contributed by atoms with Crippen molar-refractivity contribution in [2.45, 2.75) is 6.54 Å². The summed E-state index contributed by atoms with van der Waals surface area (Å²) in [5.41, 5.74) is 0.611. The Bertz CT molecular complexity index is 665. The first-order chi connectivity index (χ1) is 9.45. The number of anilines is 1. The highest BCUT2D eigenvalue weighted by atomic mass is 35.5. The summed E-state index contributed by atoms with van der Waals surface area (Å²) in [7, 11) is 0. The van der Waals surface area contributed by atoms with E-state index < -0.39 is 16.6 Å². The first-order valence-electron chi connectivity index (χ1n) is 5.58. The van der Waals surface area contributed by atoms with Crippen LogP contribution in [0, 0.1) is 21.7 Å². The van der Waals surface area contributed by atoms with E-state index in [0.717, 1.165) is 6.07 Å². The smallest absolute Gasteiger partial charge is 0.272 e. The third kappa shape index (κ3) is 3.42. The van der Waals surface area contributed by atoms with Gasteiger partial charge in [-0.2, -0.15) is 0 Å². The molecule has 0 aromatic heterocycles. The second kappa shape index (κ2) is 5.83. The highest BCUT2D eigenvalue weighted by molar-refractivity contribution is 6.31. The molecule has 4 nitrogen and oxygen atoms in total. The van der Waals surface area contributed by atoms with Crippen LogP contribution in [0.5, 0.6) is 0 Å². The van der Waals surface area contributed by atoms with E-state index in [1.165, 1.54) is 30.3 Å². The molecule has 0 amide bonds. The maximum absolute atomic E-state index is 13.2. The molecule has 0 radical (unpaired) electrons. The second-order valence-electron chi connectivity index (χ2n) is 4.06. The van der Waals surface area contributed by atoms with E-state index in [1.807, 2.05) is 0 Å². The molecule has 2 aromatic rings. The van der Waals surface area contributed by atoms with Gasteiger partial charge in [-0.1, -0.05) is 11.6 Å². The van der Waals surface area contributed by atoms with Crippen molar-refractivity contribution in [3.63, 3.8) is 0 Å². The van der Waals surface area contributed by atoms with E-state index in [4.69, 9.17) is 11.6 Å². The Morgan fingerprint density at radius 1 is 1.20 bits per heavy atom. The summed E-state index contributed by atoms with van der Waals surface area (Å²) in [6.07, 6.45) is 0. The van der Waals surface area contributed by atoms with Crippen LogP contribution < -0.4 is 5.32 Å². The summed E-state index contributed by atoms with van der Waals surface area (Å²) >= 11 is 5.62. The molecule has 0 saturated carbocycles. The topological polar surface area (TPSA) is 55.2 Å². The van der Waals surface area contributed by atoms with Crippen LogP contribution in [0.15, 0.2) is 36.4 Å². The Morgan fingerprint density at radius 3 is 2.60 bits per heavy atom. The van der Waals surface area contributed by atoms with Crippen molar-refractivity contribution in [3.05, 3.63) is 68.7 Å². The number of hydrogen-bond acceptors (Lipinski definition) is 3. The van der Waals surface area contributed by atoms with E-state index in [2.05, 4.69) is 5.32 Å². The molecule has 0 saturated heterocycles. The van der Waals surface area contributed by atoms with Crippen molar-refractivity contribution >= 4 is 23.0 Å². The van der Waals surface area contributed by atoms with Gasteiger partial charge in [0.1, 0.15) is 11.6 Å². The van der Waals surface area contributed by atoms with Gasteiger partial charge >= 0.3 is 0 Å². The molecular weight excluding hydrogens is 290 g/mol. The molecule has 1 N–H and O–H groups in total. The van der Waals surface area contributed by atoms with Crippen LogP contribution in [0.2, 0.25) is 5.02 Å². The van der Waals surface area contributed by atoms with Crippen LogP contribution in [0.4, 0.5) is 20.2 Å². The molecule has 0 atom stereocenters. The number of benzene rings is 2. The fraction of sp³-hybridized carbons (Fsp3) is 0.0769. The molecular formula is C13H9ClF2N2O2. The van der Waals surface area contributed by atoms with E-state index in [0.29, 0.717) is 11.3 Å². The molecule has 0 unspecified atom stereocenters. The molecule has 0 aliphatic carbocycles. The zero-order chi connectivity index (χ0) is 14.7. The summed E-state index contributed by atoms with van der Waals surface area (Å²) in [5, 5.41) is 13.5. The molecule has 20 heavy (non-hydrogen) atoms. The third-order valence-electron chi connectivity index (χ3n) is 2.57. The van der Waals surface area contributed by atoms with Gasteiger partial charge in [-0.25, -0.2) is 8.78 Å². The zero-order valence-corrected chi connectivity index (χ0v) is 10.8. The molecule has 0 aliphatic rings. The van der Waals surface area contributed by atoms with Gasteiger partial charge in [0, 0.05) is 18.3 Å². The monoisotopic (exact) mass is 298 g/mol. The van der Waals surface area contributed by atoms with Gasteiger partial charge in [-0.15, -0.1) is 0 Å². The number of hydrogen-bond donors (Lipinski definition) is 1. The molecule has 2 aromatic carbocycles. The number of non-ortho nitro benzene ring substituents is 1. The van der Waals surface area contributed by atoms with Crippen LogP contribution >= 0.6 is 11.6 Å². The van der Waals surface area contributed by atoms with E-state index in [-0.39, 0.29) is 17.3 Å². The highest BCUT2D eigenvalue weighted by Crippen LogP contribution is 2.21. The minimum atomic E-state index is -0.687. The van der Waals surface area contributed by atoms with E-state index in [1.54, 1.807) is 0 Å². The van der Waals surface area contributed by atoms with Crippen LogP contribution in [-0.2, 0) is 6.54 Å². The van der Waals surface area contributed by atoms with Crippen molar-refractivity contribution in [1.82, 2.24) is 0 Å². The third-order valence-corrected chi connectivity index (χ3v) is 2.86. The van der Waals surface area contributed by atoms with Crippen LogP contribution in [0.3, 0.4) is 0 Å². The first-order valence-corrected chi connectivity index (χ1v) is 5.96. The van der Waals surface area contributed by atoms with Gasteiger partial charge in [-0.3, -0.25) is 10.1 Å². The minimum absolute atomic E-state index is 0.0415. The molecule has 0 heterocycles. The summed E-state index contributed by atoms with van der Waals surface area (Å²) in [5.74, 6) is -1.23. The fourth-order valence-corrected chi connectivity index (χ4v) is 1.83. The van der Waals surface area contributed by atoms with Crippen LogP contribution in [-0.4, -0.2) is 4.92 Å². The van der Waals surface area contributed by atoms with Crippen molar-refractivity contribution < 1.29 is 13.7 Å². The quantitative estimate of drug-likeness (QED) is 0.682. The Kier molecular flexibility index (Phi) is 4.14.